The van der Waals surface area contributed by atoms with Crippen LogP contribution in [-0.2, 0) is 4.79 Å². The van der Waals surface area contributed by atoms with Crippen LogP contribution in [-0.4, -0.2) is 53.7 Å². The van der Waals surface area contributed by atoms with E-state index in [1.54, 1.807) is 36.0 Å². The summed E-state index contributed by atoms with van der Waals surface area (Å²) >= 11 is 0. The third-order valence-corrected chi connectivity index (χ3v) is 5.07. The quantitative estimate of drug-likeness (QED) is 0.618. The van der Waals surface area contributed by atoms with Gasteiger partial charge in [0.15, 0.2) is 0 Å². The Kier molecular flexibility index (Phi) is 6.11. The van der Waals surface area contributed by atoms with E-state index in [9.17, 15) is 19.7 Å². The van der Waals surface area contributed by atoms with Crippen LogP contribution in [0.15, 0.2) is 48.5 Å². The van der Waals surface area contributed by atoms with Crippen LogP contribution in [0.4, 0.5) is 17.1 Å². The summed E-state index contributed by atoms with van der Waals surface area (Å²) < 4.78 is 0. The average Bonchev–Trinajstić information content (AvgIpc) is 2.73. The van der Waals surface area contributed by atoms with Gasteiger partial charge in [-0.1, -0.05) is 18.2 Å². The van der Waals surface area contributed by atoms with Crippen molar-refractivity contribution in [3.05, 3.63) is 64.2 Å². The van der Waals surface area contributed by atoms with Crippen LogP contribution in [0.25, 0.3) is 0 Å². The highest BCUT2D eigenvalue weighted by molar-refractivity contribution is 5.96. The fraction of sp³-hybridized carbons (Fsp3) is 0.333. The number of piperidine rings is 1. The molecular formula is C21H24N4O4. The molecule has 0 saturated carbocycles. The first-order chi connectivity index (χ1) is 13.9. The first-order valence-corrected chi connectivity index (χ1v) is 9.47. The van der Waals surface area contributed by atoms with Crippen molar-refractivity contribution in [2.45, 2.75) is 12.8 Å². The second-order valence-corrected chi connectivity index (χ2v) is 7.28. The largest absolute Gasteiger partial charge is 0.350 e. The molecule has 0 bridgehead atoms. The number of nitro groups is 1. The maximum atomic E-state index is 12.8. The number of rotatable bonds is 5. The van der Waals surface area contributed by atoms with Crippen LogP contribution >= 0.6 is 0 Å². The number of carbonyl (C=O) groups is 2. The monoisotopic (exact) mass is 396 g/mol. The van der Waals surface area contributed by atoms with Crippen molar-refractivity contribution in [3.63, 3.8) is 0 Å². The minimum Gasteiger partial charge on any atom is -0.350 e. The van der Waals surface area contributed by atoms with Crippen LogP contribution in [0, 0.1) is 16.0 Å². The molecule has 2 aromatic rings. The molecule has 2 amide bonds. The summed E-state index contributed by atoms with van der Waals surface area (Å²) in [4.78, 5) is 39.2. The molecule has 29 heavy (non-hydrogen) atoms. The summed E-state index contributed by atoms with van der Waals surface area (Å²) in [6.45, 7) is 0.918. The number of nitrogens with one attached hydrogen (secondary N) is 1. The third-order valence-electron chi connectivity index (χ3n) is 5.07. The maximum absolute atomic E-state index is 12.8. The van der Waals surface area contributed by atoms with Gasteiger partial charge >= 0.3 is 0 Å². The Bertz CT molecular complexity index is 906. The number of para-hydroxylation sites is 1. The van der Waals surface area contributed by atoms with E-state index in [1.165, 1.54) is 6.07 Å². The van der Waals surface area contributed by atoms with E-state index >= 15 is 0 Å². The second kappa shape index (κ2) is 8.72. The van der Waals surface area contributed by atoms with Crippen LogP contribution in [0.2, 0.25) is 0 Å². The summed E-state index contributed by atoms with van der Waals surface area (Å²) in [6.07, 6.45) is 1.19. The Labute approximate surface area is 169 Å². The second-order valence-electron chi connectivity index (χ2n) is 7.28. The summed E-state index contributed by atoms with van der Waals surface area (Å²) in [7, 11) is 3.45. The molecule has 0 unspecified atom stereocenters. The van der Waals surface area contributed by atoms with E-state index < -0.39 is 4.92 Å². The molecule has 0 radical (unpaired) electrons. The number of hydrogen-bond acceptors (Lipinski definition) is 5. The van der Waals surface area contributed by atoms with Gasteiger partial charge in [-0.2, -0.15) is 0 Å². The Hall–Kier alpha value is -3.42. The van der Waals surface area contributed by atoms with Gasteiger partial charge in [-0.15, -0.1) is 0 Å². The number of benzene rings is 2. The Morgan fingerprint density at radius 2 is 1.76 bits per heavy atom. The number of nitrogens with zero attached hydrogens (tertiary/aromatic N) is 3. The van der Waals surface area contributed by atoms with Gasteiger partial charge in [0.1, 0.15) is 5.69 Å². The van der Waals surface area contributed by atoms with E-state index in [4.69, 9.17) is 0 Å². The lowest BCUT2D eigenvalue weighted by Gasteiger charge is -2.32. The molecule has 2 aromatic carbocycles. The highest BCUT2D eigenvalue weighted by Gasteiger charge is 2.29. The van der Waals surface area contributed by atoms with E-state index in [2.05, 4.69) is 5.32 Å². The predicted octanol–water partition coefficient (Wildman–Crippen LogP) is 3.28. The van der Waals surface area contributed by atoms with E-state index in [0.717, 1.165) is 5.69 Å². The number of anilines is 2. The Morgan fingerprint density at radius 3 is 2.34 bits per heavy atom. The van der Waals surface area contributed by atoms with Gasteiger partial charge < -0.3 is 15.1 Å². The molecule has 152 valence electrons. The number of carbonyl (C=O) groups excluding carboxylic acids is 2. The van der Waals surface area contributed by atoms with Crippen LogP contribution in [0.1, 0.15) is 23.2 Å². The smallest absolute Gasteiger partial charge is 0.293 e. The van der Waals surface area contributed by atoms with Crippen molar-refractivity contribution in [1.29, 1.82) is 0 Å². The standard InChI is InChI=1S/C21H24N4O4/c1-23(2)20(26)15-10-12-24(13-11-15)21(27)16-8-9-18(19(14-16)25(28)29)22-17-6-4-3-5-7-17/h3-9,14-15,22H,10-13H2,1-2H3. The van der Waals surface area contributed by atoms with Crippen molar-refractivity contribution in [2.75, 3.05) is 32.5 Å². The minimum absolute atomic E-state index is 0.0732. The van der Waals surface area contributed by atoms with Gasteiger partial charge in [-0.3, -0.25) is 19.7 Å². The molecule has 0 aromatic heterocycles. The zero-order chi connectivity index (χ0) is 21.0. The highest BCUT2D eigenvalue weighted by atomic mass is 16.6. The van der Waals surface area contributed by atoms with Crippen molar-refractivity contribution in [2.24, 2.45) is 5.92 Å². The molecule has 1 heterocycles. The first kappa shape index (κ1) is 20.3. The van der Waals surface area contributed by atoms with Crippen LogP contribution < -0.4 is 5.32 Å². The zero-order valence-corrected chi connectivity index (χ0v) is 16.5. The van der Waals surface area contributed by atoms with E-state index in [-0.39, 0.29) is 29.0 Å². The SMILES string of the molecule is CN(C)C(=O)C1CCN(C(=O)c2ccc(Nc3ccccc3)c([N+](=O)[O-])c2)CC1. The third kappa shape index (κ3) is 4.71. The molecule has 8 nitrogen and oxygen atoms in total. The molecular weight excluding hydrogens is 372 g/mol. The zero-order valence-electron chi connectivity index (χ0n) is 16.5. The van der Waals surface area contributed by atoms with Gasteiger partial charge in [0.05, 0.1) is 4.92 Å². The topological polar surface area (TPSA) is 95.8 Å². The van der Waals surface area contributed by atoms with Crippen molar-refractivity contribution < 1.29 is 14.5 Å². The fourth-order valence-electron chi connectivity index (χ4n) is 3.48. The lowest BCUT2D eigenvalue weighted by atomic mass is 9.95. The van der Waals surface area contributed by atoms with Gasteiger partial charge in [0.25, 0.3) is 11.6 Å². The number of hydrogen-bond donors (Lipinski definition) is 1. The molecule has 0 spiro atoms. The van der Waals surface area contributed by atoms with Crippen molar-refractivity contribution >= 4 is 28.9 Å². The summed E-state index contributed by atoms with van der Waals surface area (Å²) in [5.41, 5.74) is 1.17. The lowest BCUT2D eigenvalue weighted by molar-refractivity contribution is -0.383. The molecule has 1 aliphatic heterocycles. The van der Waals surface area contributed by atoms with E-state index in [0.29, 0.717) is 31.6 Å². The molecule has 1 N–H and O–H groups in total. The lowest BCUT2D eigenvalue weighted by Crippen LogP contribution is -2.42. The summed E-state index contributed by atoms with van der Waals surface area (Å²) in [5.74, 6) is -0.264. The Balaban J connectivity index is 1.74. The molecule has 1 aliphatic rings. The average molecular weight is 396 g/mol. The number of nitro benzene ring substituents is 1. The van der Waals surface area contributed by atoms with Gasteiger partial charge in [0.2, 0.25) is 5.91 Å². The molecule has 1 fully saturated rings. The predicted molar refractivity (Wildman–Crippen MR) is 110 cm³/mol. The summed E-state index contributed by atoms with van der Waals surface area (Å²) in [5, 5.41) is 14.6. The highest BCUT2D eigenvalue weighted by Crippen LogP contribution is 2.30. The molecule has 0 atom stereocenters. The van der Waals surface area contributed by atoms with Crippen molar-refractivity contribution in [3.8, 4) is 0 Å². The molecule has 0 aliphatic carbocycles. The normalized spacial score (nSPS) is 14.3. The summed E-state index contributed by atoms with van der Waals surface area (Å²) in [6, 6.07) is 13.6. The van der Waals surface area contributed by atoms with Crippen LogP contribution in [0.3, 0.4) is 0 Å². The number of amides is 2. The van der Waals surface area contributed by atoms with Gasteiger partial charge in [-0.25, -0.2) is 0 Å². The van der Waals surface area contributed by atoms with Gasteiger partial charge in [0, 0.05) is 50.4 Å². The van der Waals surface area contributed by atoms with Crippen molar-refractivity contribution in [1.82, 2.24) is 9.80 Å². The maximum Gasteiger partial charge on any atom is 0.293 e. The molecule has 8 heteroatoms. The minimum atomic E-state index is -0.496. The van der Waals surface area contributed by atoms with Crippen LogP contribution in [0.5, 0.6) is 0 Å². The van der Waals surface area contributed by atoms with E-state index in [1.807, 2.05) is 30.3 Å². The Morgan fingerprint density at radius 1 is 1.10 bits per heavy atom. The van der Waals surface area contributed by atoms with Gasteiger partial charge in [-0.05, 0) is 37.1 Å². The molecule has 3 rings (SSSR count). The molecule has 1 saturated heterocycles. The number of likely N-dealkylation sites (tertiary alicyclic amines) is 1. The first-order valence-electron chi connectivity index (χ1n) is 9.47. The fourth-order valence-corrected chi connectivity index (χ4v) is 3.48.